The molecular formula is C19H28ClN5OS. The summed E-state index contributed by atoms with van der Waals surface area (Å²) < 4.78 is 1.69. The van der Waals surface area contributed by atoms with E-state index in [1.165, 1.54) is 36.1 Å². The zero-order chi connectivity index (χ0) is 17.9. The summed E-state index contributed by atoms with van der Waals surface area (Å²) >= 11 is 1.65. The average Bonchev–Trinajstić information content (AvgIpc) is 3.19. The molecule has 0 radical (unpaired) electrons. The van der Waals surface area contributed by atoms with Crippen LogP contribution in [-0.4, -0.2) is 33.8 Å². The van der Waals surface area contributed by atoms with Crippen molar-refractivity contribution in [2.75, 3.05) is 18.4 Å². The number of carbonyl (C=O) groups excluding carboxylic acids is 1. The van der Waals surface area contributed by atoms with Crippen molar-refractivity contribution < 1.29 is 4.79 Å². The molecule has 1 fully saturated rings. The number of amides is 1. The summed E-state index contributed by atoms with van der Waals surface area (Å²) in [4.78, 5) is 19.5. The molecule has 148 valence electrons. The normalized spacial score (nSPS) is 18.1. The van der Waals surface area contributed by atoms with Gasteiger partial charge in [0, 0.05) is 17.8 Å². The SMILES string of the molecule is Cl.Cn1nc(C2CCNCC2)nc1NC(=O)c1cc2c(s1)CCCCCC2. The monoisotopic (exact) mass is 409 g/mol. The quantitative estimate of drug-likeness (QED) is 0.811. The first-order chi connectivity index (χ1) is 12.7. The number of nitrogens with zero attached hydrogens (tertiary/aromatic N) is 3. The molecule has 0 atom stereocenters. The minimum atomic E-state index is -0.0610. The Balaban J connectivity index is 0.00000210. The third-order valence-corrected chi connectivity index (χ3v) is 6.67. The van der Waals surface area contributed by atoms with Crippen molar-refractivity contribution >= 4 is 35.6 Å². The summed E-state index contributed by atoms with van der Waals surface area (Å²) in [6, 6.07) is 2.09. The third-order valence-electron chi connectivity index (χ3n) is 5.43. The number of piperidine rings is 1. The van der Waals surface area contributed by atoms with Crippen molar-refractivity contribution in [3.8, 4) is 0 Å². The number of hydrogen-bond donors (Lipinski definition) is 2. The van der Waals surface area contributed by atoms with Gasteiger partial charge in [0.2, 0.25) is 5.95 Å². The van der Waals surface area contributed by atoms with Crippen LogP contribution in [0.5, 0.6) is 0 Å². The molecular weight excluding hydrogens is 382 g/mol. The molecule has 0 unspecified atom stereocenters. The van der Waals surface area contributed by atoms with E-state index >= 15 is 0 Å². The van der Waals surface area contributed by atoms with E-state index in [2.05, 4.69) is 26.8 Å². The van der Waals surface area contributed by atoms with E-state index in [1.54, 1.807) is 16.0 Å². The lowest BCUT2D eigenvalue weighted by Gasteiger charge is -2.19. The summed E-state index contributed by atoms with van der Waals surface area (Å²) in [7, 11) is 1.85. The first-order valence-electron chi connectivity index (χ1n) is 9.75. The molecule has 1 aliphatic carbocycles. The number of anilines is 1. The fraction of sp³-hybridized carbons (Fsp3) is 0.632. The summed E-state index contributed by atoms with van der Waals surface area (Å²) in [5.74, 6) is 1.72. The summed E-state index contributed by atoms with van der Waals surface area (Å²) in [6.07, 6.45) is 9.38. The van der Waals surface area contributed by atoms with Gasteiger partial charge in [0.25, 0.3) is 5.91 Å². The van der Waals surface area contributed by atoms with E-state index in [0.29, 0.717) is 11.9 Å². The van der Waals surface area contributed by atoms with Crippen molar-refractivity contribution in [3.05, 3.63) is 27.2 Å². The summed E-state index contributed by atoms with van der Waals surface area (Å²) in [5, 5.41) is 10.9. The fourth-order valence-corrected chi connectivity index (χ4v) is 5.03. The number of aromatic nitrogens is 3. The second kappa shape index (κ2) is 9.17. The molecule has 0 aromatic carbocycles. The molecule has 2 aromatic heterocycles. The predicted molar refractivity (Wildman–Crippen MR) is 111 cm³/mol. The molecule has 2 aliphatic rings. The second-order valence-corrected chi connectivity index (χ2v) is 8.51. The molecule has 0 saturated carbocycles. The lowest BCUT2D eigenvalue weighted by Crippen LogP contribution is -2.27. The molecule has 1 saturated heterocycles. The molecule has 4 rings (SSSR count). The van der Waals surface area contributed by atoms with Gasteiger partial charge in [-0.2, -0.15) is 10.1 Å². The van der Waals surface area contributed by atoms with Crippen molar-refractivity contribution in [2.24, 2.45) is 7.05 Å². The van der Waals surface area contributed by atoms with E-state index in [1.807, 2.05) is 7.05 Å². The number of carbonyl (C=O) groups is 1. The first-order valence-corrected chi connectivity index (χ1v) is 10.6. The maximum absolute atomic E-state index is 12.7. The Morgan fingerprint density at radius 1 is 1.22 bits per heavy atom. The highest BCUT2D eigenvalue weighted by atomic mass is 35.5. The van der Waals surface area contributed by atoms with Crippen molar-refractivity contribution in [1.29, 1.82) is 0 Å². The van der Waals surface area contributed by atoms with Crippen LogP contribution in [0.15, 0.2) is 6.07 Å². The van der Waals surface area contributed by atoms with Crippen LogP contribution in [0, 0.1) is 0 Å². The Hall–Kier alpha value is -1.44. The van der Waals surface area contributed by atoms with E-state index in [4.69, 9.17) is 0 Å². The zero-order valence-corrected chi connectivity index (χ0v) is 17.4. The fourth-order valence-electron chi connectivity index (χ4n) is 3.89. The highest BCUT2D eigenvalue weighted by Crippen LogP contribution is 2.29. The molecule has 6 nitrogen and oxygen atoms in total. The van der Waals surface area contributed by atoms with Crippen LogP contribution in [-0.2, 0) is 19.9 Å². The molecule has 1 amide bonds. The molecule has 27 heavy (non-hydrogen) atoms. The van der Waals surface area contributed by atoms with E-state index in [9.17, 15) is 4.79 Å². The largest absolute Gasteiger partial charge is 0.317 e. The second-order valence-electron chi connectivity index (χ2n) is 7.37. The summed E-state index contributed by atoms with van der Waals surface area (Å²) in [6.45, 7) is 2.01. The number of thiophene rings is 1. The molecule has 2 aromatic rings. The molecule has 1 aliphatic heterocycles. The summed E-state index contributed by atoms with van der Waals surface area (Å²) in [5.41, 5.74) is 1.37. The lowest BCUT2D eigenvalue weighted by molar-refractivity contribution is 0.102. The van der Waals surface area contributed by atoms with Gasteiger partial charge in [0.15, 0.2) is 5.82 Å². The van der Waals surface area contributed by atoms with Gasteiger partial charge in [0.05, 0.1) is 4.88 Å². The van der Waals surface area contributed by atoms with Crippen LogP contribution in [0.3, 0.4) is 0 Å². The standard InChI is InChI=1S/C19H27N5OS.ClH/c1-24-19(21-17(23-24)13-8-10-20-11-9-13)22-18(25)16-12-14-6-4-2-3-5-7-15(14)26-16;/h12-13,20H,2-11H2,1H3,(H,21,22,23,25);1H. The third kappa shape index (κ3) is 4.70. The first kappa shape index (κ1) is 20.3. The van der Waals surface area contributed by atoms with Gasteiger partial charge in [-0.15, -0.1) is 23.7 Å². The zero-order valence-electron chi connectivity index (χ0n) is 15.8. The Morgan fingerprint density at radius 3 is 2.74 bits per heavy atom. The molecule has 8 heteroatoms. The van der Waals surface area contributed by atoms with Gasteiger partial charge in [0.1, 0.15) is 0 Å². The highest BCUT2D eigenvalue weighted by Gasteiger charge is 2.22. The topological polar surface area (TPSA) is 71.8 Å². The number of halogens is 1. The van der Waals surface area contributed by atoms with Crippen LogP contribution in [0.25, 0.3) is 0 Å². The Labute approximate surface area is 170 Å². The van der Waals surface area contributed by atoms with Gasteiger partial charge in [-0.25, -0.2) is 4.68 Å². The van der Waals surface area contributed by atoms with Crippen molar-refractivity contribution in [1.82, 2.24) is 20.1 Å². The van der Waals surface area contributed by atoms with Crippen LogP contribution in [0.1, 0.15) is 70.4 Å². The number of aryl methyl sites for hydroxylation is 3. The Kier molecular flexibility index (Phi) is 6.89. The number of rotatable bonds is 3. The molecule has 0 bridgehead atoms. The average molecular weight is 410 g/mol. The Bertz CT molecular complexity index is 756. The van der Waals surface area contributed by atoms with Crippen molar-refractivity contribution in [3.63, 3.8) is 0 Å². The van der Waals surface area contributed by atoms with Crippen molar-refractivity contribution in [2.45, 2.75) is 57.3 Å². The minimum absolute atomic E-state index is 0. The number of nitrogens with one attached hydrogen (secondary N) is 2. The van der Waals surface area contributed by atoms with Gasteiger partial charge in [-0.05, 0) is 63.2 Å². The lowest BCUT2D eigenvalue weighted by atomic mass is 9.98. The van der Waals surface area contributed by atoms with Gasteiger partial charge in [-0.1, -0.05) is 12.8 Å². The van der Waals surface area contributed by atoms with E-state index in [0.717, 1.165) is 49.5 Å². The van der Waals surface area contributed by atoms with E-state index in [-0.39, 0.29) is 18.3 Å². The van der Waals surface area contributed by atoms with Crippen LogP contribution >= 0.6 is 23.7 Å². The predicted octanol–water partition coefficient (Wildman–Crippen LogP) is 3.68. The van der Waals surface area contributed by atoms with Gasteiger partial charge < -0.3 is 5.32 Å². The number of fused-ring (bicyclic) bond motifs is 1. The number of hydrogen-bond acceptors (Lipinski definition) is 5. The van der Waals surface area contributed by atoms with Crippen LogP contribution in [0.2, 0.25) is 0 Å². The van der Waals surface area contributed by atoms with Crippen LogP contribution in [0.4, 0.5) is 5.95 Å². The van der Waals surface area contributed by atoms with Gasteiger partial charge in [-0.3, -0.25) is 10.1 Å². The smallest absolute Gasteiger partial charge is 0.268 e. The van der Waals surface area contributed by atoms with E-state index < -0.39 is 0 Å². The molecule has 3 heterocycles. The molecule has 0 spiro atoms. The van der Waals surface area contributed by atoms with Gasteiger partial charge >= 0.3 is 0 Å². The Morgan fingerprint density at radius 2 is 1.96 bits per heavy atom. The highest BCUT2D eigenvalue weighted by molar-refractivity contribution is 7.14. The van der Waals surface area contributed by atoms with Crippen LogP contribution < -0.4 is 10.6 Å². The minimum Gasteiger partial charge on any atom is -0.317 e. The maximum atomic E-state index is 12.7. The molecule has 2 N–H and O–H groups in total. The maximum Gasteiger partial charge on any atom is 0.268 e.